The van der Waals surface area contributed by atoms with Crippen molar-refractivity contribution in [2.24, 2.45) is 0 Å². The van der Waals surface area contributed by atoms with Crippen LogP contribution in [0.2, 0.25) is 0 Å². The van der Waals surface area contributed by atoms with E-state index in [1.54, 1.807) is 30.3 Å². The van der Waals surface area contributed by atoms with Crippen LogP contribution in [0, 0.1) is 0 Å². The van der Waals surface area contributed by atoms with Crippen molar-refractivity contribution >= 4 is 21.7 Å². The van der Waals surface area contributed by atoms with Crippen molar-refractivity contribution in [3.8, 4) is 22.5 Å². The minimum Gasteiger partial charge on any atom is -0.382 e. The maximum atomic E-state index is 12.4. The van der Waals surface area contributed by atoms with Crippen LogP contribution < -0.4 is 15.8 Å². The summed E-state index contributed by atoms with van der Waals surface area (Å²) in [6, 6.07) is 11.2. The number of anilines is 1. The van der Waals surface area contributed by atoms with Gasteiger partial charge >= 0.3 is 0 Å². The Balaban J connectivity index is 1.50. The number of aromatic nitrogens is 2. The minimum absolute atomic E-state index is 0.0223. The van der Waals surface area contributed by atoms with Crippen LogP contribution in [0.15, 0.2) is 53.6 Å². The number of carbonyl (C=O) groups excluding carboxylic acids is 1. The fraction of sp³-hybridized carbons (Fsp3) is 0.227. The predicted octanol–water partition coefficient (Wildman–Crippen LogP) is 2.12. The number of nitrogen functional groups attached to an aromatic ring is 1. The standard InChI is InChI=1S/C22H21N5O3S/c23-21-20(15-3-8-18-14(11-15)9-10-24-22(18)28)26-19(12-25-21)13-1-6-17(7-2-13)31(29,30)27-16-4-5-16/h1-3,6-8,11-12,16,27H,4-5,9-10H2,(H2,23,25)(H,24,28)/i9D2. The molecule has 2 aliphatic rings. The zero-order chi connectivity index (χ0) is 23.4. The second-order valence-corrected chi connectivity index (χ2v) is 9.24. The molecule has 0 unspecified atom stereocenters. The Morgan fingerprint density at radius 2 is 1.87 bits per heavy atom. The second-order valence-electron chi connectivity index (χ2n) is 7.53. The number of nitrogens with zero attached hydrogens (tertiary/aromatic N) is 2. The van der Waals surface area contributed by atoms with E-state index in [-0.39, 0.29) is 40.3 Å². The molecule has 1 aliphatic carbocycles. The van der Waals surface area contributed by atoms with Crippen molar-refractivity contribution in [2.75, 3.05) is 12.3 Å². The van der Waals surface area contributed by atoms with Crippen LogP contribution in [0.5, 0.6) is 0 Å². The molecule has 1 fully saturated rings. The molecule has 0 radical (unpaired) electrons. The second kappa shape index (κ2) is 7.44. The van der Waals surface area contributed by atoms with Gasteiger partial charge in [0, 0.05) is 32.0 Å². The van der Waals surface area contributed by atoms with Crippen molar-refractivity contribution in [3.63, 3.8) is 0 Å². The number of hydrogen-bond acceptors (Lipinski definition) is 6. The highest BCUT2D eigenvalue weighted by molar-refractivity contribution is 7.89. The summed E-state index contributed by atoms with van der Waals surface area (Å²) < 4.78 is 43.9. The summed E-state index contributed by atoms with van der Waals surface area (Å²) in [5.74, 6) is -0.168. The molecule has 1 saturated carbocycles. The molecule has 1 amide bonds. The van der Waals surface area contributed by atoms with Crippen LogP contribution in [-0.2, 0) is 16.4 Å². The highest BCUT2D eigenvalue weighted by atomic mass is 32.2. The first kappa shape index (κ1) is 17.4. The molecule has 0 bridgehead atoms. The van der Waals surface area contributed by atoms with E-state index in [1.165, 1.54) is 18.3 Å². The molecular weight excluding hydrogens is 414 g/mol. The van der Waals surface area contributed by atoms with Crippen molar-refractivity contribution in [3.05, 3.63) is 59.8 Å². The largest absolute Gasteiger partial charge is 0.382 e. The average molecular weight is 438 g/mol. The number of hydrogen-bond donors (Lipinski definition) is 3. The van der Waals surface area contributed by atoms with Gasteiger partial charge in [-0.1, -0.05) is 18.2 Å². The summed E-state index contributed by atoms with van der Waals surface area (Å²) in [5.41, 5.74) is 8.64. The normalized spacial score (nSPS) is 18.5. The molecule has 31 heavy (non-hydrogen) atoms. The fourth-order valence-corrected chi connectivity index (χ4v) is 4.70. The van der Waals surface area contributed by atoms with Gasteiger partial charge in [-0.2, -0.15) is 0 Å². The SMILES string of the molecule is [2H]C1([2H])CNC(=O)c2ccc(-c3nc(-c4ccc(S(=O)(=O)NC5CC5)cc4)cnc3N)cc21. The van der Waals surface area contributed by atoms with Gasteiger partial charge in [-0.25, -0.2) is 23.1 Å². The highest BCUT2D eigenvalue weighted by Gasteiger charge is 2.28. The summed E-state index contributed by atoms with van der Waals surface area (Å²) in [6.07, 6.45) is 1.48. The Bertz CT molecular complexity index is 1370. The minimum atomic E-state index is -3.55. The van der Waals surface area contributed by atoms with E-state index in [0.29, 0.717) is 22.5 Å². The van der Waals surface area contributed by atoms with Gasteiger partial charge < -0.3 is 11.1 Å². The van der Waals surface area contributed by atoms with Gasteiger partial charge in [0.25, 0.3) is 5.91 Å². The van der Waals surface area contributed by atoms with E-state index >= 15 is 0 Å². The first-order chi connectivity index (χ1) is 15.6. The van der Waals surface area contributed by atoms with Gasteiger partial charge in [-0.05, 0) is 49.0 Å². The maximum absolute atomic E-state index is 12.4. The molecule has 1 aliphatic heterocycles. The Morgan fingerprint density at radius 3 is 2.61 bits per heavy atom. The number of benzene rings is 2. The quantitative estimate of drug-likeness (QED) is 0.561. The monoisotopic (exact) mass is 437 g/mol. The van der Waals surface area contributed by atoms with E-state index in [1.807, 2.05) is 0 Å². The Labute approximate surface area is 182 Å². The smallest absolute Gasteiger partial charge is 0.251 e. The number of nitrogens with two attached hydrogens (primary N) is 1. The van der Waals surface area contributed by atoms with Crippen molar-refractivity contribution in [1.29, 1.82) is 0 Å². The third-order valence-electron chi connectivity index (χ3n) is 5.23. The van der Waals surface area contributed by atoms with Gasteiger partial charge in [-0.15, -0.1) is 0 Å². The molecule has 0 spiro atoms. The van der Waals surface area contributed by atoms with Gasteiger partial charge in [0.15, 0.2) is 0 Å². The number of fused-ring (bicyclic) bond motifs is 1. The molecule has 158 valence electrons. The lowest BCUT2D eigenvalue weighted by molar-refractivity contribution is 0.0946. The number of nitrogens with one attached hydrogen (secondary N) is 2. The Kier molecular flexibility index (Phi) is 4.17. The van der Waals surface area contributed by atoms with Crippen molar-refractivity contribution in [2.45, 2.75) is 30.2 Å². The first-order valence-corrected chi connectivity index (χ1v) is 11.3. The molecule has 2 heterocycles. The molecule has 4 N–H and O–H groups in total. The lowest BCUT2D eigenvalue weighted by Gasteiger charge is -2.17. The van der Waals surface area contributed by atoms with Crippen molar-refractivity contribution < 1.29 is 16.0 Å². The lowest BCUT2D eigenvalue weighted by atomic mass is 9.96. The topological polar surface area (TPSA) is 127 Å². The van der Waals surface area contributed by atoms with Gasteiger partial charge in [-0.3, -0.25) is 4.79 Å². The van der Waals surface area contributed by atoms with E-state index in [0.717, 1.165) is 12.8 Å². The number of sulfonamides is 1. The summed E-state index contributed by atoms with van der Waals surface area (Å²) >= 11 is 0. The molecule has 1 aromatic heterocycles. The molecule has 0 saturated heterocycles. The lowest BCUT2D eigenvalue weighted by Crippen LogP contribution is -2.31. The maximum Gasteiger partial charge on any atom is 0.251 e. The zero-order valence-electron chi connectivity index (χ0n) is 18.4. The molecule has 2 aromatic carbocycles. The van der Waals surface area contributed by atoms with Crippen LogP contribution in [0.3, 0.4) is 0 Å². The average Bonchev–Trinajstić information content (AvgIpc) is 3.60. The third-order valence-corrected chi connectivity index (χ3v) is 6.76. The Morgan fingerprint density at radius 1 is 1.13 bits per heavy atom. The van der Waals surface area contributed by atoms with E-state index in [4.69, 9.17) is 8.48 Å². The zero-order valence-corrected chi connectivity index (χ0v) is 17.2. The fourth-order valence-electron chi connectivity index (χ4n) is 3.39. The summed E-state index contributed by atoms with van der Waals surface area (Å²) in [6.45, 7) is -0.117. The Hall–Kier alpha value is -3.30. The van der Waals surface area contributed by atoms with E-state index in [2.05, 4.69) is 20.0 Å². The summed E-state index contributed by atoms with van der Waals surface area (Å²) in [4.78, 5) is 21.1. The highest BCUT2D eigenvalue weighted by Crippen LogP contribution is 2.29. The summed E-state index contributed by atoms with van der Waals surface area (Å²) in [5, 5.41) is 2.54. The molecule has 9 heteroatoms. The van der Waals surface area contributed by atoms with Crippen LogP contribution in [0.1, 0.15) is 31.5 Å². The molecule has 0 atom stereocenters. The van der Waals surface area contributed by atoms with Gasteiger partial charge in [0.05, 0.1) is 16.8 Å². The molecule has 5 rings (SSSR count). The van der Waals surface area contributed by atoms with Crippen molar-refractivity contribution in [1.82, 2.24) is 20.0 Å². The van der Waals surface area contributed by atoms with Crippen LogP contribution >= 0.6 is 0 Å². The number of rotatable bonds is 5. The van der Waals surface area contributed by atoms with Crippen LogP contribution in [-0.4, -0.2) is 36.9 Å². The number of amides is 1. The molecule has 3 aromatic rings. The third kappa shape index (κ3) is 3.89. The summed E-state index contributed by atoms with van der Waals surface area (Å²) in [7, 11) is -3.55. The molecule has 8 nitrogen and oxygen atoms in total. The van der Waals surface area contributed by atoms with Gasteiger partial charge in [0.2, 0.25) is 10.0 Å². The first-order valence-electron chi connectivity index (χ1n) is 10.8. The van der Waals surface area contributed by atoms with Crippen LogP contribution in [0.25, 0.3) is 22.5 Å². The van der Waals surface area contributed by atoms with E-state index < -0.39 is 16.4 Å². The number of carbonyl (C=O) groups is 1. The molecular formula is C22H21N5O3S. The predicted molar refractivity (Wildman–Crippen MR) is 117 cm³/mol. The van der Waals surface area contributed by atoms with Crippen LogP contribution in [0.4, 0.5) is 5.82 Å². The van der Waals surface area contributed by atoms with Gasteiger partial charge in [0.1, 0.15) is 11.5 Å². The van der Waals surface area contributed by atoms with E-state index in [9.17, 15) is 13.2 Å².